The number of rotatable bonds is 9. The van der Waals surface area contributed by atoms with Crippen molar-refractivity contribution in [2.45, 2.75) is 43.3 Å². The molecule has 0 fully saturated rings. The summed E-state index contributed by atoms with van der Waals surface area (Å²) >= 11 is 0. The van der Waals surface area contributed by atoms with Crippen LogP contribution in [0.5, 0.6) is 5.75 Å². The summed E-state index contributed by atoms with van der Waals surface area (Å²) < 4.78 is 142. The van der Waals surface area contributed by atoms with Crippen molar-refractivity contribution >= 4 is 32.7 Å². The Morgan fingerprint density at radius 2 is 1.47 bits per heavy atom. The van der Waals surface area contributed by atoms with E-state index in [0.29, 0.717) is 6.42 Å². The van der Waals surface area contributed by atoms with Crippen molar-refractivity contribution < 1.29 is 62.2 Å². The predicted molar refractivity (Wildman–Crippen MR) is 106 cm³/mol. The molecule has 1 aliphatic rings. The maximum atomic E-state index is 14.2. The fourth-order valence-electron chi connectivity index (χ4n) is 3.19. The van der Waals surface area contributed by atoms with Gasteiger partial charge in [-0.3, -0.25) is 9.59 Å². The van der Waals surface area contributed by atoms with Gasteiger partial charge in [0, 0.05) is 12.3 Å². The van der Waals surface area contributed by atoms with Crippen LogP contribution in [0.25, 0.3) is 10.8 Å². The van der Waals surface area contributed by atoms with Crippen molar-refractivity contribution in [3.8, 4) is 5.75 Å². The molecule has 0 aliphatic carbocycles. The Labute approximate surface area is 197 Å². The lowest BCUT2D eigenvalue weighted by Crippen LogP contribution is -2.64. The Morgan fingerprint density at radius 3 is 2.03 bits per heavy atom. The molecular formula is C20H15F8NO6S. The Bertz CT molecular complexity index is 1340. The van der Waals surface area contributed by atoms with E-state index in [0.717, 1.165) is 12.1 Å². The second kappa shape index (κ2) is 8.54. The summed E-state index contributed by atoms with van der Waals surface area (Å²) in [6.07, 6.45) is 0.512. The number of carbonyl (C=O) groups is 2. The third-order valence-electron chi connectivity index (χ3n) is 5.05. The highest BCUT2D eigenvalue weighted by atomic mass is 32.2. The second-order valence-corrected chi connectivity index (χ2v) is 9.28. The van der Waals surface area contributed by atoms with Crippen LogP contribution in [0.2, 0.25) is 0 Å². The molecule has 7 nitrogen and oxygen atoms in total. The molecule has 1 aliphatic heterocycles. The first kappa shape index (κ1) is 27.6. The molecule has 36 heavy (non-hydrogen) atoms. The Kier molecular flexibility index (Phi) is 6.54. The third kappa shape index (κ3) is 3.95. The van der Waals surface area contributed by atoms with Gasteiger partial charge in [0.15, 0.2) is 0 Å². The molecule has 198 valence electrons. The quantitative estimate of drug-likeness (QED) is 0.323. The van der Waals surface area contributed by atoms with Gasteiger partial charge in [-0.15, -0.1) is 9.35 Å². The van der Waals surface area contributed by atoms with E-state index >= 15 is 0 Å². The first-order valence-electron chi connectivity index (χ1n) is 9.85. The van der Waals surface area contributed by atoms with E-state index < -0.39 is 68.1 Å². The van der Waals surface area contributed by atoms with E-state index in [2.05, 4.69) is 4.28 Å². The van der Waals surface area contributed by atoms with Crippen LogP contribution < -0.4 is 4.74 Å². The molecule has 0 saturated carbocycles. The number of nitrogens with zero attached hydrogens (tertiary/aromatic N) is 1. The number of carbonyl (C=O) groups excluding carboxylic acids is 2. The van der Waals surface area contributed by atoms with Crippen LogP contribution in [0, 0.1) is 0 Å². The maximum absolute atomic E-state index is 14.2. The van der Waals surface area contributed by atoms with Crippen LogP contribution >= 0.6 is 0 Å². The van der Waals surface area contributed by atoms with E-state index in [9.17, 15) is 53.1 Å². The topological polar surface area (TPSA) is 90.0 Å². The first-order valence-corrected chi connectivity index (χ1v) is 11.3. The number of ether oxygens (including phenoxy) is 1. The summed E-state index contributed by atoms with van der Waals surface area (Å²) in [5, 5.41) is -7.77. The highest BCUT2D eigenvalue weighted by molar-refractivity contribution is 7.87. The number of hydrogen-bond donors (Lipinski definition) is 0. The van der Waals surface area contributed by atoms with E-state index in [4.69, 9.17) is 4.74 Å². The minimum atomic E-state index is -7.37. The average molecular weight is 549 g/mol. The molecule has 0 unspecified atom stereocenters. The van der Waals surface area contributed by atoms with Crippen LogP contribution in [-0.2, 0) is 14.4 Å². The normalized spacial score (nSPS) is 15.6. The summed E-state index contributed by atoms with van der Waals surface area (Å²) in [6, 6.07) is 6.04. The molecule has 0 spiro atoms. The zero-order valence-electron chi connectivity index (χ0n) is 18.1. The van der Waals surface area contributed by atoms with Gasteiger partial charge in [-0.25, -0.2) is 0 Å². The van der Waals surface area contributed by atoms with Crippen LogP contribution in [-0.4, -0.2) is 54.9 Å². The molecule has 16 heteroatoms. The lowest BCUT2D eigenvalue weighted by Gasteiger charge is -2.35. The smallest absolute Gasteiger partial charge is 0.440 e. The van der Waals surface area contributed by atoms with E-state index in [-0.39, 0.29) is 23.1 Å². The zero-order chi connectivity index (χ0) is 27.5. The van der Waals surface area contributed by atoms with Crippen molar-refractivity contribution in [1.82, 2.24) is 5.06 Å². The highest BCUT2D eigenvalue weighted by Crippen LogP contribution is 2.54. The number of amides is 2. The molecule has 0 saturated heterocycles. The monoisotopic (exact) mass is 549 g/mol. The van der Waals surface area contributed by atoms with Crippen LogP contribution in [0.1, 0.15) is 41.0 Å². The molecule has 3 rings (SSSR count). The number of halogens is 8. The van der Waals surface area contributed by atoms with Gasteiger partial charge in [0.05, 0.1) is 17.7 Å². The van der Waals surface area contributed by atoms with E-state index in [1.54, 1.807) is 6.92 Å². The third-order valence-corrected chi connectivity index (χ3v) is 6.28. The van der Waals surface area contributed by atoms with Crippen molar-refractivity contribution in [2.75, 3.05) is 6.61 Å². The Balaban J connectivity index is 2.08. The predicted octanol–water partition coefficient (Wildman–Crippen LogP) is 5.00. The molecule has 2 aromatic rings. The van der Waals surface area contributed by atoms with Crippen LogP contribution in [0.15, 0.2) is 30.3 Å². The molecule has 2 amide bonds. The van der Waals surface area contributed by atoms with Gasteiger partial charge >= 0.3 is 33.1 Å². The molecule has 0 radical (unpaired) electrons. The summed E-state index contributed by atoms with van der Waals surface area (Å²) in [6.45, 7) is 1.04. The standard InChI is InChI=1S/C20H15F8NO6S/c1-3-7-34-11-8-10-5-4-6-12-14(10)13(9-11)16(31)29(15(12)30)35-36(32,33)20(27,28)19(25,26)18(23,24)17(2,21)22/h4-6,8-9H,3,7H2,1-2H3. The molecule has 2 aromatic carbocycles. The fraction of sp³-hybridized carbons (Fsp3) is 0.400. The SMILES string of the molecule is CCCOc1cc2c3c(cccc3c1)C(=O)N(OS(=O)(=O)C(F)(F)C(F)(F)C(F)(F)C(C)(F)F)C2=O. The zero-order valence-corrected chi connectivity index (χ0v) is 18.9. The number of hydrogen-bond acceptors (Lipinski definition) is 6. The lowest BCUT2D eigenvalue weighted by molar-refractivity contribution is -0.344. The Hall–Kier alpha value is -3.01. The van der Waals surface area contributed by atoms with Crippen molar-refractivity contribution in [1.29, 1.82) is 0 Å². The molecule has 0 atom stereocenters. The molecule has 0 aromatic heterocycles. The lowest BCUT2D eigenvalue weighted by atomic mass is 9.95. The van der Waals surface area contributed by atoms with E-state index in [1.807, 2.05) is 0 Å². The van der Waals surface area contributed by atoms with Gasteiger partial charge in [0.25, 0.3) is 11.8 Å². The van der Waals surface area contributed by atoms with Crippen molar-refractivity contribution in [2.24, 2.45) is 0 Å². The van der Waals surface area contributed by atoms with Gasteiger partial charge < -0.3 is 4.74 Å². The van der Waals surface area contributed by atoms with Crippen LogP contribution in [0.4, 0.5) is 35.1 Å². The number of hydroxylamine groups is 2. The Morgan fingerprint density at radius 1 is 0.889 bits per heavy atom. The van der Waals surface area contributed by atoms with Crippen LogP contribution in [0.3, 0.4) is 0 Å². The first-order chi connectivity index (χ1) is 16.3. The summed E-state index contributed by atoms with van der Waals surface area (Å²) in [7, 11) is -7.37. The summed E-state index contributed by atoms with van der Waals surface area (Å²) in [5.74, 6) is -23.4. The van der Waals surface area contributed by atoms with Crippen molar-refractivity contribution in [3.05, 3.63) is 41.5 Å². The van der Waals surface area contributed by atoms with Gasteiger partial charge in [-0.1, -0.05) is 19.1 Å². The van der Waals surface area contributed by atoms with Crippen molar-refractivity contribution in [3.63, 3.8) is 0 Å². The van der Waals surface area contributed by atoms with Gasteiger partial charge in [0.2, 0.25) is 0 Å². The molecule has 1 heterocycles. The highest BCUT2D eigenvalue weighted by Gasteiger charge is 2.84. The fourth-order valence-corrected chi connectivity index (χ4v) is 4.06. The maximum Gasteiger partial charge on any atom is 0.440 e. The minimum Gasteiger partial charge on any atom is -0.494 e. The minimum absolute atomic E-state index is 0.0173. The molecule has 0 N–H and O–H groups in total. The number of benzene rings is 2. The molecule has 0 bridgehead atoms. The van der Waals surface area contributed by atoms with E-state index in [1.165, 1.54) is 18.2 Å². The average Bonchev–Trinajstić information content (AvgIpc) is 2.77. The number of alkyl halides is 8. The number of imide groups is 1. The largest absolute Gasteiger partial charge is 0.494 e. The second-order valence-electron chi connectivity index (χ2n) is 7.71. The van der Waals surface area contributed by atoms with Gasteiger partial charge in [-0.2, -0.15) is 43.5 Å². The summed E-state index contributed by atoms with van der Waals surface area (Å²) in [5.41, 5.74) is -1.04. The summed E-state index contributed by atoms with van der Waals surface area (Å²) in [4.78, 5) is 25.5. The van der Waals surface area contributed by atoms with Gasteiger partial charge in [-0.05, 0) is 30.0 Å². The molecular weight excluding hydrogens is 534 g/mol. The van der Waals surface area contributed by atoms with Gasteiger partial charge in [0.1, 0.15) is 5.75 Å².